The van der Waals surface area contributed by atoms with Gasteiger partial charge in [-0.2, -0.15) is 0 Å². The van der Waals surface area contributed by atoms with Crippen molar-refractivity contribution in [2.45, 2.75) is 0 Å². The van der Waals surface area contributed by atoms with E-state index in [2.05, 4.69) is 72.8 Å². The molecule has 0 aliphatic carbocycles. The summed E-state index contributed by atoms with van der Waals surface area (Å²) in [6.07, 6.45) is 0. The van der Waals surface area contributed by atoms with Gasteiger partial charge < -0.3 is 4.74 Å². The van der Waals surface area contributed by atoms with Gasteiger partial charge in [0.15, 0.2) is 0 Å². The van der Waals surface area contributed by atoms with E-state index in [1.165, 1.54) is 21.5 Å². The summed E-state index contributed by atoms with van der Waals surface area (Å²) in [7, 11) is 0. The molecule has 0 aliphatic rings. The van der Waals surface area contributed by atoms with Gasteiger partial charge in [-0.1, -0.05) is 78.9 Å². The number of hydrogen-bond donors (Lipinski definition) is 0. The molecule has 0 radical (unpaired) electrons. The predicted octanol–water partition coefficient (Wildman–Crippen LogP) is 6.94. The highest BCUT2D eigenvalue weighted by Crippen LogP contribution is 2.36. The van der Waals surface area contributed by atoms with Crippen molar-refractivity contribution in [3.05, 3.63) is 97.1 Å². The third-order valence-electron chi connectivity index (χ3n) is 4.72. The van der Waals surface area contributed by atoms with Crippen LogP contribution in [0, 0.1) is 0 Å². The molecule has 0 atom stereocenters. The zero-order valence-corrected chi connectivity index (χ0v) is 13.6. The highest BCUT2D eigenvalue weighted by molar-refractivity contribution is 6.09. The fraction of sp³-hybridized carbons (Fsp3) is 0. The van der Waals surface area contributed by atoms with Crippen LogP contribution in [0.3, 0.4) is 0 Å². The molecule has 0 aromatic heterocycles. The first-order valence-corrected chi connectivity index (χ1v) is 8.46. The lowest BCUT2D eigenvalue weighted by molar-refractivity contribution is 0.494. The van der Waals surface area contributed by atoms with Crippen molar-refractivity contribution in [2.75, 3.05) is 0 Å². The van der Waals surface area contributed by atoms with Crippen LogP contribution in [0.5, 0.6) is 11.5 Å². The van der Waals surface area contributed by atoms with Crippen molar-refractivity contribution in [1.82, 2.24) is 0 Å². The van der Waals surface area contributed by atoms with Crippen molar-refractivity contribution in [1.29, 1.82) is 0 Å². The van der Waals surface area contributed by atoms with E-state index in [0.29, 0.717) is 0 Å². The van der Waals surface area contributed by atoms with Crippen molar-refractivity contribution >= 4 is 32.3 Å². The highest BCUT2D eigenvalue weighted by Gasteiger charge is 2.08. The molecule has 0 bridgehead atoms. The first-order chi connectivity index (χ1) is 12.4. The lowest BCUT2D eigenvalue weighted by Crippen LogP contribution is -1.88. The van der Waals surface area contributed by atoms with Gasteiger partial charge in [-0.25, -0.2) is 0 Å². The Kier molecular flexibility index (Phi) is 3.17. The quantitative estimate of drug-likeness (QED) is 0.320. The Morgan fingerprint density at radius 3 is 1.76 bits per heavy atom. The third kappa shape index (κ3) is 2.33. The summed E-state index contributed by atoms with van der Waals surface area (Å²) >= 11 is 0. The normalized spacial score (nSPS) is 11.2. The minimum atomic E-state index is 0.888. The average molecular weight is 320 g/mol. The molecular weight excluding hydrogens is 304 g/mol. The third-order valence-corrected chi connectivity index (χ3v) is 4.72. The second kappa shape index (κ2) is 5.64. The first kappa shape index (κ1) is 14.1. The molecule has 5 rings (SSSR count). The lowest BCUT2D eigenvalue weighted by atomic mass is 10.0. The van der Waals surface area contributed by atoms with Gasteiger partial charge in [-0.05, 0) is 39.7 Å². The smallest absolute Gasteiger partial charge is 0.135 e. The van der Waals surface area contributed by atoms with Gasteiger partial charge in [0, 0.05) is 10.8 Å². The minimum Gasteiger partial charge on any atom is -0.456 e. The van der Waals surface area contributed by atoms with Gasteiger partial charge in [0.25, 0.3) is 0 Å². The monoisotopic (exact) mass is 320 g/mol. The van der Waals surface area contributed by atoms with Crippen molar-refractivity contribution < 1.29 is 4.74 Å². The van der Waals surface area contributed by atoms with Crippen LogP contribution in [0.25, 0.3) is 32.3 Å². The Balaban J connectivity index is 1.72. The SMILES string of the molecule is c1ccc2c(Oc3cccc4c3ccc3ccccc34)cccc2c1. The summed E-state index contributed by atoms with van der Waals surface area (Å²) in [5, 5.41) is 7.17. The maximum Gasteiger partial charge on any atom is 0.135 e. The molecule has 0 amide bonds. The Morgan fingerprint density at radius 2 is 0.920 bits per heavy atom. The lowest BCUT2D eigenvalue weighted by Gasteiger charge is -2.12. The molecular formula is C24H16O. The van der Waals surface area contributed by atoms with E-state index >= 15 is 0 Å². The second-order valence-corrected chi connectivity index (χ2v) is 6.22. The van der Waals surface area contributed by atoms with Gasteiger partial charge in [-0.3, -0.25) is 0 Å². The Morgan fingerprint density at radius 1 is 0.360 bits per heavy atom. The largest absolute Gasteiger partial charge is 0.456 e. The maximum absolute atomic E-state index is 6.35. The van der Waals surface area contributed by atoms with E-state index < -0.39 is 0 Å². The molecule has 0 N–H and O–H groups in total. The molecule has 0 unspecified atom stereocenters. The van der Waals surface area contributed by atoms with Crippen molar-refractivity contribution in [2.24, 2.45) is 0 Å². The molecule has 1 heteroatoms. The van der Waals surface area contributed by atoms with E-state index in [1.807, 2.05) is 24.3 Å². The van der Waals surface area contributed by atoms with Gasteiger partial charge >= 0.3 is 0 Å². The van der Waals surface area contributed by atoms with Crippen LogP contribution < -0.4 is 4.74 Å². The van der Waals surface area contributed by atoms with Crippen molar-refractivity contribution in [3.8, 4) is 11.5 Å². The molecule has 0 saturated heterocycles. The highest BCUT2D eigenvalue weighted by atomic mass is 16.5. The molecule has 0 spiro atoms. The maximum atomic E-state index is 6.35. The van der Waals surface area contributed by atoms with Gasteiger partial charge in [0.2, 0.25) is 0 Å². The summed E-state index contributed by atoms with van der Waals surface area (Å²) in [6, 6.07) is 33.5. The summed E-state index contributed by atoms with van der Waals surface area (Å²) in [6.45, 7) is 0. The van der Waals surface area contributed by atoms with Gasteiger partial charge in [0.05, 0.1) is 0 Å². The van der Waals surface area contributed by atoms with E-state index in [4.69, 9.17) is 4.74 Å². The van der Waals surface area contributed by atoms with E-state index in [9.17, 15) is 0 Å². The van der Waals surface area contributed by atoms with E-state index in [1.54, 1.807) is 0 Å². The number of rotatable bonds is 2. The molecule has 5 aromatic rings. The topological polar surface area (TPSA) is 9.23 Å². The zero-order valence-electron chi connectivity index (χ0n) is 13.6. The number of fused-ring (bicyclic) bond motifs is 4. The van der Waals surface area contributed by atoms with Gasteiger partial charge in [-0.15, -0.1) is 0 Å². The molecule has 0 heterocycles. The van der Waals surface area contributed by atoms with Crippen LogP contribution in [-0.2, 0) is 0 Å². The summed E-state index contributed by atoms with van der Waals surface area (Å²) in [4.78, 5) is 0. The second-order valence-electron chi connectivity index (χ2n) is 6.22. The van der Waals surface area contributed by atoms with Crippen LogP contribution in [0.1, 0.15) is 0 Å². The molecule has 0 aliphatic heterocycles. The molecule has 118 valence electrons. The summed E-state index contributed by atoms with van der Waals surface area (Å²) in [5.41, 5.74) is 0. The van der Waals surface area contributed by atoms with E-state index in [-0.39, 0.29) is 0 Å². The summed E-state index contributed by atoms with van der Waals surface area (Å²) < 4.78 is 6.35. The Hall–Kier alpha value is -3.32. The molecule has 1 nitrogen and oxygen atoms in total. The predicted molar refractivity (Wildman–Crippen MR) is 105 cm³/mol. The molecule has 0 fully saturated rings. The fourth-order valence-corrected chi connectivity index (χ4v) is 3.50. The zero-order chi connectivity index (χ0) is 16.6. The number of ether oxygens (including phenoxy) is 1. The molecule has 5 aromatic carbocycles. The molecule has 0 saturated carbocycles. The fourth-order valence-electron chi connectivity index (χ4n) is 3.50. The number of benzene rings is 5. The van der Waals surface area contributed by atoms with E-state index in [0.717, 1.165) is 22.3 Å². The van der Waals surface area contributed by atoms with Crippen LogP contribution in [-0.4, -0.2) is 0 Å². The van der Waals surface area contributed by atoms with Gasteiger partial charge in [0.1, 0.15) is 11.5 Å². The Labute approximate surface area is 146 Å². The van der Waals surface area contributed by atoms with Crippen molar-refractivity contribution in [3.63, 3.8) is 0 Å². The average Bonchev–Trinajstić information content (AvgIpc) is 2.68. The first-order valence-electron chi connectivity index (χ1n) is 8.46. The summed E-state index contributed by atoms with van der Waals surface area (Å²) in [5.74, 6) is 1.78. The van der Waals surface area contributed by atoms with Crippen LogP contribution >= 0.6 is 0 Å². The standard InChI is InChI=1S/C24H16O/c1-3-10-19-18(8-1)15-16-22-21(19)12-6-14-24(22)25-23-13-5-9-17-7-2-4-11-20(17)23/h1-16H. The minimum absolute atomic E-state index is 0.888. The van der Waals surface area contributed by atoms with Crippen LogP contribution in [0.15, 0.2) is 97.1 Å². The van der Waals surface area contributed by atoms with Crippen LogP contribution in [0.2, 0.25) is 0 Å². The Bertz CT molecular complexity index is 1220. The molecule has 25 heavy (non-hydrogen) atoms. The van der Waals surface area contributed by atoms with Crippen LogP contribution in [0.4, 0.5) is 0 Å². The number of hydrogen-bond acceptors (Lipinski definition) is 1.